The second kappa shape index (κ2) is 6.00. The number of carbonyl (C=O) groups is 1. The first kappa shape index (κ1) is 14.5. The second-order valence-electron chi connectivity index (χ2n) is 3.99. The summed E-state index contributed by atoms with van der Waals surface area (Å²) >= 11 is 0. The van der Waals surface area contributed by atoms with E-state index >= 15 is 0 Å². The van der Waals surface area contributed by atoms with E-state index in [1.54, 1.807) is 0 Å². The molecule has 0 heterocycles. The van der Waals surface area contributed by atoms with Crippen LogP contribution >= 0.6 is 0 Å². The van der Waals surface area contributed by atoms with E-state index in [9.17, 15) is 22.2 Å². The average molecular weight is 298 g/mol. The Hall–Kier alpha value is -1.95. The van der Waals surface area contributed by atoms with E-state index in [0.29, 0.717) is 0 Å². The summed E-state index contributed by atoms with van der Waals surface area (Å²) in [6, 6.07) is 7.23. The molecule has 0 saturated carbocycles. The maximum absolute atomic E-state index is 13.4. The van der Waals surface area contributed by atoms with E-state index in [1.165, 1.54) is 12.1 Å². The Morgan fingerprint density at radius 2 is 1.55 bits per heavy atom. The molecule has 1 unspecified atom stereocenters. The number of Topliss-reactive ketones (excluding diaryl/α,β-unsaturated/α-hetero) is 1. The maximum atomic E-state index is 13.4. The molecule has 0 fully saturated rings. The van der Waals surface area contributed by atoms with Crippen LogP contribution in [0.2, 0.25) is 0 Å². The first-order valence-electron chi connectivity index (χ1n) is 5.59. The smallest absolute Gasteiger partial charge is 0.175 e. The Labute approximate surface area is 115 Å². The summed E-state index contributed by atoms with van der Waals surface area (Å²) in [5.74, 6) is -3.10. The van der Waals surface area contributed by atoms with Gasteiger partial charge in [0.2, 0.25) is 0 Å². The number of benzene rings is 2. The minimum Gasteiger partial charge on any atom is -0.293 e. The van der Waals surface area contributed by atoms with E-state index in [1.807, 2.05) is 0 Å². The topological polar surface area (TPSA) is 34.1 Å². The monoisotopic (exact) mass is 298 g/mol. The summed E-state index contributed by atoms with van der Waals surface area (Å²) in [6.45, 7) is 0. The van der Waals surface area contributed by atoms with E-state index in [0.717, 1.165) is 30.3 Å². The van der Waals surface area contributed by atoms with Crippen molar-refractivity contribution in [3.05, 3.63) is 65.5 Å². The number of hydrogen-bond acceptors (Lipinski definition) is 2. The number of halogens is 3. The van der Waals surface area contributed by atoms with E-state index < -0.39 is 39.8 Å². The van der Waals surface area contributed by atoms with Gasteiger partial charge in [0.05, 0.1) is 21.4 Å². The van der Waals surface area contributed by atoms with E-state index in [4.69, 9.17) is 0 Å². The predicted molar refractivity (Wildman–Crippen MR) is 68.4 cm³/mol. The van der Waals surface area contributed by atoms with Gasteiger partial charge in [-0.1, -0.05) is 0 Å². The Kier molecular flexibility index (Phi) is 4.34. The molecule has 2 rings (SSSR count). The summed E-state index contributed by atoms with van der Waals surface area (Å²) in [6.07, 6.45) is 0. The zero-order valence-corrected chi connectivity index (χ0v) is 10.9. The molecule has 0 aromatic heterocycles. The molecule has 0 aliphatic carbocycles. The fourth-order valence-corrected chi connectivity index (χ4v) is 2.66. The lowest BCUT2D eigenvalue weighted by atomic mass is 10.1. The van der Waals surface area contributed by atoms with Gasteiger partial charge in [-0.05, 0) is 42.5 Å². The van der Waals surface area contributed by atoms with Gasteiger partial charge >= 0.3 is 0 Å². The van der Waals surface area contributed by atoms with Gasteiger partial charge < -0.3 is 0 Å². The van der Waals surface area contributed by atoms with Crippen molar-refractivity contribution in [2.45, 2.75) is 4.90 Å². The maximum Gasteiger partial charge on any atom is 0.175 e. The van der Waals surface area contributed by atoms with Crippen LogP contribution in [0.5, 0.6) is 0 Å². The molecule has 0 bridgehead atoms. The molecule has 2 nitrogen and oxygen atoms in total. The van der Waals surface area contributed by atoms with Crippen molar-refractivity contribution in [3.8, 4) is 0 Å². The lowest BCUT2D eigenvalue weighted by Crippen LogP contribution is -2.12. The molecular formula is C14H9F3O2S. The molecule has 20 heavy (non-hydrogen) atoms. The highest BCUT2D eigenvalue weighted by molar-refractivity contribution is 7.85. The van der Waals surface area contributed by atoms with Crippen molar-refractivity contribution >= 4 is 16.6 Å². The fraction of sp³-hybridized carbons (Fsp3) is 0.0714. The van der Waals surface area contributed by atoms with Crippen molar-refractivity contribution in [1.82, 2.24) is 0 Å². The predicted octanol–water partition coefficient (Wildman–Crippen LogP) is 3.09. The molecule has 2 aromatic carbocycles. The van der Waals surface area contributed by atoms with Gasteiger partial charge in [-0.25, -0.2) is 13.2 Å². The van der Waals surface area contributed by atoms with Crippen molar-refractivity contribution in [3.63, 3.8) is 0 Å². The molecule has 6 heteroatoms. The number of rotatable bonds is 4. The Bertz CT molecular complexity index is 669. The minimum absolute atomic E-state index is 0.163. The van der Waals surface area contributed by atoms with Crippen molar-refractivity contribution in [2.75, 3.05) is 5.75 Å². The third kappa shape index (κ3) is 3.33. The zero-order valence-electron chi connectivity index (χ0n) is 10.1. The zero-order chi connectivity index (χ0) is 14.7. The van der Waals surface area contributed by atoms with Crippen molar-refractivity contribution < 1.29 is 22.2 Å². The van der Waals surface area contributed by atoms with Crippen LogP contribution in [-0.2, 0) is 10.8 Å². The summed E-state index contributed by atoms with van der Waals surface area (Å²) in [5.41, 5.74) is 0.163. The molecule has 104 valence electrons. The van der Waals surface area contributed by atoms with Crippen LogP contribution < -0.4 is 0 Å². The van der Waals surface area contributed by atoms with Crippen LogP contribution in [0.3, 0.4) is 0 Å². The quantitative estimate of drug-likeness (QED) is 0.813. The van der Waals surface area contributed by atoms with Gasteiger partial charge in [-0.15, -0.1) is 0 Å². The third-order valence-electron chi connectivity index (χ3n) is 2.57. The normalized spacial score (nSPS) is 12.2. The standard InChI is InChI=1S/C14H9F3O2S/c15-10-3-1-9(2-4-10)13(18)8-20(19)14-7-11(16)5-6-12(14)17/h1-7H,8H2. The molecule has 0 spiro atoms. The molecule has 1 atom stereocenters. The van der Waals surface area contributed by atoms with Crippen LogP contribution in [0.4, 0.5) is 13.2 Å². The molecule has 0 saturated heterocycles. The molecular weight excluding hydrogens is 289 g/mol. The van der Waals surface area contributed by atoms with E-state index in [-0.39, 0.29) is 10.5 Å². The highest BCUT2D eigenvalue weighted by atomic mass is 32.2. The second-order valence-corrected chi connectivity index (χ2v) is 5.41. The molecule has 0 N–H and O–H groups in total. The minimum atomic E-state index is -2.00. The lowest BCUT2D eigenvalue weighted by molar-refractivity contribution is 0.102. The van der Waals surface area contributed by atoms with Crippen LogP contribution in [0.25, 0.3) is 0 Å². The molecule has 0 amide bonds. The summed E-state index contributed by atoms with van der Waals surface area (Å²) in [5, 5.41) is 0. The molecule has 0 aliphatic heterocycles. The number of carbonyl (C=O) groups excluding carboxylic acids is 1. The Morgan fingerprint density at radius 1 is 0.950 bits per heavy atom. The van der Waals surface area contributed by atoms with Crippen LogP contribution in [0, 0.1) is 17.5 Å². The van der Waals surface area contributed by atoms with Gasteiger partial charge in [-0.2, -0.15) is 0 Å². The van der Waals surface area contributed by atoms with Gasteiger partial charge in [0.1, 0.15) is 17.5 Å². The molecule has 0 radical (unpaired) electrons. The third-order valence-corrected chi connectivity index (χ3v) is 3.89. The first-order valence-corrected chi connectivity index (χ1v) is 6.91. The Morgan fingerprint density at radius 3 is 2.20 bits per heavy atom. The average Bonchev–Trinajstić information content (AvgIpc) is 2.42. The fourth-order valence-electron chi connectivity index (χ4n) is 1.57. The summed E-state index contributed by atoms with van der Waals surface area (Å²) in [7, 11) is -2.00. The van der Waals surface area contributed by atoms with Crippen LogP contribution in [0.15, 0.2) is 47.4 Å². The molecule has 0 aliphatic rings. The largest absolute Gasteiger partial charge is 0.293 e. The van der Waals surface area contributed by atoms with Gasteiger partial charge in [0, 0.05) is 5.56 Å². The summed E-state index contributed by atoms with van der Waals surface area (Å²) in [4.78, 5) is 11.4. The Balaban J connectivity index is 2.17. The van der Waals surface area contributed by atoms with E-state index in [2.05, 4.69) is 0 Å². The highest BCUT2D eigenvalue weighted by Gasteiger charge is 2.16. The van der Waals surface area contributed by atoms with Crippen LogP contribution in [-0.4, -0.2) is 15.7 Å². The van der Waals surface area contributed by atoms with Crippen molar-refractivity contribution in [1.29, 1.82) is 0 Å². The number of hydrogen-bond donors (Lipinski definition) is 0. The van der Waals surface area contributed by atoms with Gasteiger partial charge in [0.15, 0.2) is 5.78 Å². The summed E-state index contributed by atoms with van der Waals surface area (Å²) < 4.78 is 51.0. The highest BCUT2D eigenvalue weighted by Crippen LogP contribution is 2.15. The number of ketones is 1. The van der Waals surface area contributed by atoms with Gasteiger partial charge in [-0.3, -0.25) is 9.00 Å². The molecule has 2 aromatic rings. The first-order chi connectivity index (χ1) is 9.47. The van der Waals surface area contributed by atoms with Gasteiger partial charge in [0.25, 0.3) is 0 Å². The van der Waals surface area contributed by atoms with Crippen LogP contribution in [0.1, 0.15) is 10.4 Å². The SMILES string of the molecule is O=C(CS(=O)c1cc(F)ccc1F)c1ccc(F)cc1. The lowest BCUT2D eigenvalue weighted by Gasteiger charge is -2.04. The van der Waals surface area contributed by atoms with Crippen molar-refractivity contribution in [2.24, 2.45) is 0 Å².